The van der Waals surface area contributed by atoms with Gasteiger partial charge in [-0.1, -0.05) is 170 Å². The van der Waals surface area contributed by atoms with Crippen LogP contribution in [0.2, 0.25) is 0 Å². The molecule has 0 aliphatic rings. The largest absolute Gasteiger partial charge is 0.456 e. The quantitative estimate of drug-likeness (QED) is 0.151. The molecule has 0 bridgehead atoms. The number of rotatable bonds is 7. The molecule has 0 N–H and O–H groups in total. The van der Waals surface area contributed by atoms with Crippen LogP contribution in [-0.2, 0) is 0 Å². The zero-order valence-corrected chi connectivity index (χ0v) is 31.7. The molecule has 0 unspecified atom stereocenters. The van der Waals surface area contributed by atoms with E-state index in [2.05, 4.69) is 217 Å². The van der Waals surface area contributed by atoms with Gasteiger partial charge in [-0.15, -0.1) is 0 Å². The van der Waals surface area contributed by atoms with Gasteiger partial charge in [0.05, 0.1) is 0 Å². The van der Waals surface area contributed by atoms with Gasteiger partial charge in [0, 0.05) is 33.9 Å². The van der Waals surface area contributed by atoms with E-state index in [0.29, 0.717) is 0 Å². The lowest BCUT2D eigenvalue weighted by Crippen LogP contribution is -2.11. The summed E-state index contributed by atoms with van der Waals surface area (Å²) in [5.74, 6) is 0. The van der Waals surface area contributed by atoms with Gasteiger partial charge in [0.25, 0.3) is 0 Å². The Kier molecular flexibility index (Phi) is 8.19. The zero-order chi connectivity index (χ0) is 38.4. The predicted octanol–water partition coefficient (Wildman–Crippen LogP) is 16.0. The van der Waals surface area contributed by atoms with Crippen LogP contribution in [0.25, 0.3) is 88.0 Å². The first-order chi connectivity index (χ1) is 28.8. The Labute approximate surface area is 337 Å². The Morgan fingerprint density at radius 3 is 1.45 bits per heavy atom. The highest BCUT2D eigenvalue weighted by atomic mass is 16.3. The van der Waals surface area contributed by atoms with Crippen molar-refractivity contribution in [3.05, 3.63) is 224 Å². The van der Waals surface area contributed by atoms with Crippen LogP contribution in [0.4, 0.5) is 17.1 Å². The normalized spacial score (nSPS) is 11.4. The van der Waals surface area contributed by atoms with Crippen molar-refractivity contribution in [2.45, 2.75) is 0 Å². The highest BCUT2D eigenvalue weighted by Gasteiger charge is 2.23. The molecule has 11 rings (SSSR count). The molecule has 0 spiro atoms. The lowest BCUT2D eigenvalue weighted by atomic mass is 9.83. The summed E-state index contributed by atoms with van der Waals surface area (Å²) in [7, 11) is 0. The minimum Gasteiger partial charge on any atom is -0.456 e. The zero-order valence-electron chi connectivity index (χ0n) is 31.7. The van der Waals surface area contributed by atoms with Crippen LogP contribution >= 0.6 is 0 Å². The summed E-state index contributed by atoms with van der Waals surface area (Å²) < 4.78 is 6.50. The number of fused-ring (bicyclic) bond motifs is 6. The number of furan rings is 1. The highest BCUT2D eigenvalue weighted by Crippen LogP contribution is 2.49. The average Bonchev–Trinajstić information content (AvgIpc) is 3.68. The van der Waals surface area contributed by atoms with Gasteiger partial charge in [0.2, 0.25) is 0 Å². The molecule has 0 amide bonds. The van der Waals surface area contributed by atoms with Gasteiger partial charge >= 0.3 is 0 Å². The SMILES string of the molecule is c1ccc(-c2ccc(N(c3cc(-c4ccccc4)c(-c4cc5ccccc5c5ccccc45)c(-c4ccccc4)c3)c3ccc4c(c3)oc3ccccc34)cc2)cc1. The van der Waals surface area contributed by atoms with Crippen molar-refractivity contribution in [2.24, 2.45) is 0 Å². The van der Waals surface area contributed by atoms with Gasteiger partial charge in [0.15, 0.2) is 0 Å². The third-order valence-electron chi connectivity index (χ3n) is 11.4. The summed E-state index contributed by atoms with van der Waals surface area (Å²) in [4.78, 5) is 2.38. The van der Waals surface area contributed by atoms with Gasteiger partial charge < -0.3 is 9.32 Å². The first kappa shape index (κ1) is 33.6. The monoisotopic (exact) mass is 739 g/mol. The third-order valence-corrected chi connectivity index (χ3v) is 11.4. The molecule has 0 aliphatic carbocycles. The second-order valence-corrected chi connectivity index (χ2v) is 14.9. The lowest BCUT2D eigenvalue weighted by Gasteiger charge is -2.29. The Balaban J connectivity index is 1.22. The molecule has 58 heavy (non-hydrogen) atoms. The number of anilines is 3. The average molecular weight is 740 g/mol. The second kappa shape index (κ2) is 14.1. The van der Waals surface area contributed by atoms with Crippen molar-refractivity contribution in [3.63, 3.8) is 0 Å². The van der Waals surface area contributed by atoms with Crippen LogP contribution < -0.4 is 4.90 Å². The minimum atomic E-state index is 0.857. The van der Waals surface area contributed by atoms with Crippen molar-refractivity contribution >= 4 is 60.5 Å². The van der Waals surface area contributed by atoms with Crippen molar-refractivity contribution in [3.8, 4) is 44.5 Å². The van der Waals surface area contributed by atoms with Crippen LogP contribution in [0.15, 0.2) is 229 Å². The Hall–Kier alpha value is -7.68. The summed E-state index contributed by atoms with van der Waals surface area (Å²) in [6.07, 6.45) is 0. The summed E-state index contributed by atoms with van der Waals surface area (Å²) >= 11 is 0. The molecule has 11 aromatic rings. The fourth-order valence-corrected chi connectivity index (χ4v) is 8.73. The number of nitrogens with zero attached hydrogens (tertiary/aromatic N) is 1. The molecule has 0 saturated carbocycles. The van der Waals surface area contributed by atoms with Crippen LogP contribution in [0.3, 0.4) is 0 Å². The maximum absolute atomic E-state index is 6.50. The molecule has 0 fully saturated rings. The summed E-state index contributed by atoms with van der Waals surface area (Å²) in [5.41, 5.74) is 14.3. The first-order valence-corrected chi connectivity index (χ1v) is 19.8. The number of hydrogen-bond donors (Lipinski definition) is 0. The molecule has 0 saturated heterocycles. The Bertz CT molecular complexity index is 3200. The lowest BCUT2D eigenvalue weighted by molar-refractivity contribution is 0.669. The standard InChI is InChI=1S/C56H37NO/c1-4-16-38(17-5-1)39-28-30-43(31-29-39)57(44-32-33-50-49-26-14-15-27-54(49)58-55(50)37-44)45-35-51(40-18-6-2-7-19-40)56(52(36-45)41-20-8-3-9-21-41)53-34-42-22-10-11-23-46(42)47-24-12-13-25-48(47)53/h1-37H. The third kappa shape index (κ3) is 5.82. The number of para-hydroxylation sites is 1. The Morgan fingerprint density at radius 1 is 0.276 bits per heavy atom. The molecule has 0 radical (unpaired) electrons. The van der Waals surface area contributed by atoms with Crippen LogP contribution in [0, 0.1) is 0 Å². The van der Waals surface area contributed by atoms with Crippen molar-refractivity contribution < 1.29 is 4.42 Å². The molecule has 0 aliphatic heterocycles. The van der Waals surface area contributed by atoms with Crippen LogP contribution in [-0.4, -0.2) is 0 Å². The van der Waals surface area contributed by atoms with E-state index in [9.17, 15) is 0 Å². The summed E-state index contributed by atoms with van der Waals surface area (Å²) in [5, 5.41) is 7.17. The number of benzene rings is 10. The Morgan fingerprint density at radius 2 is 0.776 bits per heavy atom. The van der Waals surface area contributed by atoms with Gasteiger partial charge in [-0.2, -0.15) is 0 Å². The molecular weight excluding hydrogens is 703 g/mol. The molecule has 1 aromatic heterocycles. The summed E-state index contributed by atoms with van der Waals surface area (Å²) in [6.45, 7) is 0. The predicted molar refractivity (Wildman–Crippen MR) is 245 cm³/mol. The molecule has 1 heterocycles. The van der Waals surface area contributed by atoms with E-state index in [0.717, 1.165) is 61.3 Å². The van der Waals surface area contributed by atoms with E-state index in [1.807, 2.05) is 12.1 Å². The van der Waals surface area contributed by atoms with Crippen molar-refractivity contribution in [1.29, 1.82) is 0 Å². The molecular formula is C56H37NO. The smallest absolute Gasteiger partial charge is 0.137 e. The topological polar surface area (TPSA) is 16.4 Å². The van der Waals surface area contributed by atoms with Crippen LogP contribution in [0.5, 0.6) is 0 Å². The first-order valence-electron chi connectivity index (χ1n) is 19.8. The molecule has 0 atom stereocenters. The van der Waals surface area contributed by atoms with Gasteiger partial charge in [0.1, 0.15) is 11.2 Å². The maximum atomic E-state index is 6.50. The fourth-order valence-electron chi connectivity index (χ4n) is 8.73. The van der Waals surface area contributed by atoms with Crippen LogP contribution in [0.1, 0.15) is 0 Å². The molecule has 10 aromatic carbocycles. The minimum absolute atomic E-state index is 0.857. The molecule has 2 nitrogen and oxygen atoms in total. The summed E-state index contributed by atoms with van der Waals surface area (Å²) in [6, 6.07) is 80.8. The van der Waals surface area contributed by atoms with E-state index in [1.165, 1.54) is 43.8 Å². The van der Waals surface area contributed by atoms with Gasteiger partial charge in [-0.05, 0) is 115 Å². The van der Waals surface area contributed by atoms with E-state index in [4.69, 9.17) is 4.42 Å². The van der Waals surface area contributed by atoms with E-state index in [-0.39, 0.29) is 0 Å². The fraction of sp³-hybridized carbons (Fsp3) is 0. The number of hydrogen-bond acceptors (Lipinski definition) is 2. The highest BCUT2D eigenvalue weighted by molar-refractivity contribution is 6.17. The van der Waals surface area contributed by atoms with E-state index >= 15 is 0 Å². The second-order valence-electron chi connectivity index (χ2n) is 14.9. The molecule has 272 valence electrons. The van der Waals surface area contributed by atoms with Gasteiger partial charge in [-0.3, -0.25) is 0 Å². The van der Waals surface area contributed by atoms with Crippen molar-refractivity contribution in [2.75, 3.05) is 4.90 Å². The maximum Gasteiger partial charge on any atom is 0.137 e. The van der Waals surface area contributed by atoms with E-state index < -0.39 is 0 Å². The molecule has 2 heteroatoms. The van der Waals surface area contributed by atoms with Crippen molar-refractivity contribution in [1.82, 2.24) is 0 Å². The van der Waals surface area contributed by atoms with E-state index in [1.54, 1.807) is 0 Å². The van der Waals surface area contributed by atoms with Gasteiger partial charge in [-0.25, -0.2) is 0 Å².